The van der Waals surface area contributed by atoms with Crippen LogP contribution in [0.2, 0.25) is 0 Å². The maximum Gasteiger partial charge on any atom is 0.0788 e. The summed E-state index contributed by atoms with van der Waals surface area (Å²) in [6, 6.07) is 56.1. The lowest BCUT2D eigenvalue weighted by Gasteiger charge is -2.17. The third kappa shape index (κ3) is 5.17. The number of nitrogens with zero attached hydrogens (tertiary/aromatic N) is 4. The Bertz CT molecular complexity index is 2900. The Morgan fingerprint density at radius 3 is 1.71 bits per heavy atom. The molecule has 4 heterocycles. The Balaban J connectivity index is 1.21. The van der Waals surface area contributed by atoms with E-state index in [4.69, 9.17) is 9.97 Å². The minimum Gasteiger partial charge on any atom is -0.265 e. The van der Waals surface area contributed by atoms with Gasteiger partial charge in [0.1, 0.15) is 0 Å². The molecule has 0 bridgehead atoms. The molecule has 0 N–H and O–H groups in total. The number of rotatable bonds is 5. The zero-order chi connectivity index (χ0) is 34.4. The molecule has 0 amide bonds. The topological polar surface area (TPSA) is 51.6 Å². The SMILES string of the molecule is c1cc(-c2cc(-c3ccncc3)nc(-c3ccncc3)c2)cc(-c2cc3c(-c4ccc5ccccc5c4)nc4ccccc4c3c3ccccc23)c1. The molecule has 0 fully saturated rings. The van der Waals surface area contributed by atoms with Crippen LogP contribution in [0.3, 0.4) is 0 Å². The summed E-state index contributed by atoms with van der Waals surface area (Å²) < 4.78 is 0. The predicted octanol–water partition coefficient (Wildman–Crippen LogP) is 12.2. The van der Waals surface area contributed by atoms with Gasteiger partial charge in [-0.25, -0.2) is 9.97 Å². The van der Waals surface area contributed by atoms with Gasteiger partial charge in [0.15, 0.2) is 0 Å². The maximum atomic E-state index is 5.35. The molecule has 4 heteroatoms. The van der Waals surface area contributed by atoms with Crippen LogP contribution in [-0.2, 0) is 0 Å². The first-order chi connectivity index (χ1) is 25.8. The molecule has 0 atom stereocenters. The molecule has 0 radical (unpaired) electrons. The summed E-state index contributed by atoms with van der Waals surface area (Å²) in [5.74, 6) is 0. The number of hydrogen-bond acceptors (Lipinski definition) is 4. The fraction of sp³-hybridized carbons (Fsp3) is 0. The van der Waals surface area contributed by atoms with Crippen LogP contribution >= 0.6 is 0 Å². The van der Waals surface area contributed by atoms with Gasteiger partial charge in [0.05, 0.1) is 22.6 Å². The molecule has 6 aromatic carbocycles. The number of fused-ring (bicyclic) bond motifs is 6. The summed E-state index contributed by atoms with van der Waals surface area (Å²) in [6.45, 7) is 0. The molecule has 10 rings (SSSR count). The van der Waals surface area contributed by atoms with Gasteiger partial charge in [-0.2, -0.15) is 0 Å². The molecule has 0 saturated carbocycles. The van der Waals surface area contributed by atoms with Crippen LogP contribution in [-0.4, -0.2) is 19.9 Å². The van der Waals surface area contributed by atoms with Crippen molar-refractivity contribution in [3.63, 3.8) is 0 Å². The van der Waals surface area contributed by atoms with Gasteiger partial charge in [-0.05, 0) is 104 Å². The lowest BCUT2D eigenvalue weighted by Crippen LogP contribution is -1.94. The minimum atomic E-state index is 0.895. The number of pyridine rings is 4. The first kappa shape index (κ1) is 29.8. The van der Waals surface area contributed by atoms with Gasteiger partial charge in [0, 0.05) is 57.6 Å². The summed E-state index contributed by atoms with van der Waals surface area (Å²) in [4.78, 5) is 18.9. The second-order valence-corrected chi connectivity index (χ2v) is 13.1. The molecule has 0 unspecified atom stereocenters. The Labute approximate surface area is 300 Å². The molecule has 0 aliphatic heterocycles. The average molecular weight is 663 g/mol. The quantitative estimate of drug-likeness (QED) is 0.172. The molecule has 52 heavy (non-hydrogen) atoms. The molecule has 0 aliphatic carbocycles. The fourth-order valence-corrected chi connectivity index (χ4v) is 7.52. The van der Waals surface area contributed by atoms with E-state index in [-0.39, 0.29) is 0 Å². The Kier molecular flexibility index (Phi) is 7.10. The molecule has 10 aromatic rings. The Morgan fingerprint density at radius 2 is 0.962 bits per heavy atom. The third-order valence-electron chi connectivity index (χ3n) is 10.0. The monoisotopic (exact) mass is 662 g/mol. The van der Waals surface area contributed by atoms with Crippen molar-refractivity contribution in [3.8, 4) is 56.0 Å². The summed E-state index contributed by atoms with van der Waals surface area (Å²) in [7, 11) is 0. The largest absolute Gasteiger partial charge is 0.265 e. The highest BCUT2D eigenvalue weighted by molar-refractivity contribution is 6.25. The van der Waals surface area contributed by atoms with Gasteiger partial charge in [-0.15, -0.1) is 0 Å². The van der Waals surface area contributed by atoms with Crippen molar-refractivity contribution in [2.75, 3.05) is 0 Å². The van der Waals surface area contributed by atoms with E-state index in [9.17, 15) is 0 Å². The zero-order valence-electron chi connectivity index (χ0n) is 28.1. The molecule has 4 nitrogen and oxygen atoms in total. The standard InChI is InChI=1S/C48H30N4/c1-2-9-34-27-37(17-16-31(34)8-1)48-43-30-42(39-12-3-4-13-40(39)47(43)41-14-5-6-15-44(41)52-48)36-11-7-10-35(26-36)38-28-45(32-18-22-49-23-19-32)51-46(29-38)33-20-24-50-25-21-33/h1-30H. The lowest BCUT2D eigenvalue weighted by atomic mass is 9.88. The molecule has 0 spiro atoms. The van der Waals surface area contributed by atoms with E-state index in [0.29, 0.717) is 0 Å². The van der Waals surface area contributed by atoms with Crippen molar-refractivity contribution in [1.82, 2.24) is 19.9 Å². The van der Waals surface area contributed by atoms with Crippen molar-refractivity contribution in [3.05, 3.63) is 183 Å². The van der Waals surface area contributed by atoms with Crippen LogP contribution in [0.5, 0.6) is 0 Å². The van der Waals surface area contributed by atoms with Crippen LogP contribution in [0.25, 0.3) is 99.2 Å². The van der Waals surface area contributed by atoms with Crippen LogP contribution < -0.4 is 0 Å². The first-order valence-corrected chi connectivity index (χ1v) is 17.4. The van der Waals surface area contributed by atoms with Gasteiger partial charge < -0.3 is 0 Å². The second-order valence-electron chi connectivity index (χ2n) is 13.1. The normalized spacial score (nSPS) is 11.5. The number of aromatic nitrogens is 4. The van der Waals surface area contributed by atoms with Crippen LogP contribution in [0.1, 0.15) is 0 Å². The van der Waals surface area contributed by atoms with Crippen LogP contribution in [0.4, 0.5) is 0 Å². The molecule has 4 aromatic heterocycles. The summed E-state index contributed by atoms with van der Waals surface area (Å²) >= 11 is 0. The van der Waals surface area contributed by atoms with Gasteiger partial charge in [-0.3, -0.25) is 9.97 Å². The molecule has 0 aliphatic rings. The van der Waals surface area contributed by atoms with E-state index in [1.54, 1.807) is 0 Å². The summed E-state index contributed by atoms with van der Waals surface area (Å²) in [5, 5.41) is 8.35. The van der Waals surface area contributed by atoms with E-state index >= 15 is 0 Å². The number of para-hydroxylation sites is 1. The lowest BCUT2D eigenvalue weighted by molar-refractivity contribution is 1.27. The predicted molar refractivity (Wildman–Crippen MR) is 215 cm³/mol. The van der Waals surface area contributed by atoms with E-state index < -0.39 is 0 Å². The van der Waals surface area contributed by atoms with Gasteiger partial charge >= 0.3 is 0 Å². The average Bonchev–Trinajstić information content (AvgIpc) is 3.23. The van der Waals surface area contributed by atoms with Gasteiger partial charge in [0.2, 0.25) is 0 Å². The van der Waals surface area contributed by atoms with Crippen LogP contribution in [0, 0.1) is 0 Å². The van der Waals surface area contributed by atoms with Crippen molar-refractivity contribution < 1.29 is 0 Å². The third-order valence-corrected chi connectivity index (χ3v) is 10.0. The highest BCUT2D eigenvalue weighted by Gasteiger charge is 2.18. The molecule has 0 saturated heterocycles. The van der Waals surface area contributed by atoms with Crippen LogP contribution in [0.15, 0.2) is 183 Å². The first-order valence-electron chi connectivity index (χ1n) is 17.4. The van der Waals surface area contributed by atoms with E-state index in [2.05, 4.69) is 143 Å². The Hall–Kier alpha value is -7.04. The van der Waals surface area contributed by atoms with Crippen molar-refractivity contribution in [2.45, 2.75) is 0 Å². The van der Waals surface area contributed by atoms with Crippen molar-refractivity contribution in [2.24, 2.45) is 0 Å². The molecular formula is C48H30N4. The maximum absolute atomic E-state index is 5.35. The second kappa shape index (κ2) is 12.4. The van der Waals surface area contributed by atoms with Gasteiger partial charge in [0.25, 0.3) is 0 Å². The summed E-state index contributed by atoms with van der Waals surface area (Å²) in [6.07, 6.45) is 7.24. The van der Waals surface area contributed by atoms with Crippen molar-refractivity contribution in [1.29, 1.82) is 0 Å². The molecular weight excluding hydrogens is 633 g/mol. The number of benzene rings is 6. The summed E-state index contributed by atoms with van der Waals surface area (Å²) in [5.41, 5.74) is 11.4. The van der Waals surface area contributed by atoms with E-state index in [1.807, 2.05) is 49.1 Å². The highest BCUT2D eigenvalue weighted by Crippen LogP contribution is 2.43. The minimum absolute atomic E-state index is 0.895. The molecule has 242 valence electrons. The van der Waals surface area contributed by atoms with E-state index in [0.717, 1.165) is 66.8 Å². The van der Waals surface area contributed by atoms with Gasteiger partial charge in [-0.1, -0.05) is 97.1 Å². The van der Waals surface area contributed by atoms with E-state index in [1.165, 1.54) is 32.5 Å². The highest BCUT2D eigenvalue weighted by atomic mass is 14.7. The van der Waals surface area contributed by atoms with Crippen molar-refractivity contribution >= 4 is 43.2 Å². The number of hydrogen-bond donors (Lipinski definition) is 0. The fourth-order valence-electron chi connectivity index (χ4n) is 7.52. The Morgan fingerprint density at radius 1 is 0.327 bits per heavy atom. The smallest absolute Gasteiger partial charge is 0.0788 e. The zero-order valence-corrected chi connectivity index (χ0v) is 28.1.